The highest BCUT2D eigenvalue weighted by atomic mass is 16.3. The van der Waals surface area contributed by atoms with Crippen molar-refractivity contribution in [2.45, 2.75) is 20.0 Å². The number of furan rings is 1. The molecule has 0 aliphatic rings. The SMILES string of the molecule is Cc1ccc(Cn2c(=O)n(CCNC(=O)c3ccco3)c3ncccc32)cc1. The van der Waals surface area contributed by atoms with E-state index in [4.69, 9.17) is 4.42 Å². The van der Waals surface area contributed by atoms with E-state index in [0.29, 0.717) is 25.3 Å². The van der Waals surface area contributed by atoms with Crippen molar-refractivity contribution in [3.8, 4) is 0 Å². The van der Waals surface area contributed by atoms with Gasteiger partial charge in [-0.3, -0.25) is 13.9 Å². The quantitative estimate of drug-likeness (QED) is 0.561. The molecule has 3 heterocycles. The Morgan fingerprint density at radius 2 is 1.93 bits per heavy atom. The zero-order chi connectivity index (χ0) is 19.5. The molecule has 1 N–H and O–H groups in total. The Labute approximate surface area is 161 Å². The second kappa shape index (κ2) is 7.56. The van der Waals surface area contributed by atoms with Crippen molar-refractivity contribution in [3.63, 3.8) is 0 Å². The van der Waals surface area contributed by atoms with Gasteiger partial charge in [-0.2, -0.15) is 0 Å². The summed E-state index contributed by atoms with van der Waals surface area (Å²) in [5.41, 5.74) is 3.44. The molecule has 0 saturated heterocycles. The molecule has 0 radical (unpaired) electrons. The zero-order valence-corrected chi connectivity index (χ0v) is 15.5. The maximum absolute atomic E-state index is 13.0. The number of imidazole rings is 1. The van der Waals surface area contributed by atoms with Crippen LogP contribution in [0, 0.1) is 6.92 Å². The normalized spacial score (nSPS) is 11.0. The molecule has 7 nitrogen and oxygen atoms in total. The molecule has 0 spiro atoms. The van der Waals surface area contributed by atoms with Crippen LogP contribution in [0.15, 0.2) is 70.2 Å². The summed E-state index contributed by atoms with van der Waals surface area (Å²) in [5, 5.41) is 2.76. The summed E-state index contributed by atoms with van der Waals surface area (Å²) in [6, 6.07) is 15.0. The van der Waals surface area contributed by atoms with E-state index in [-0.39, 0.29) is 17.4 Å². The fourth-order valence-corrected chi connectivity index (χ4v) is 3.15. The van der Waals surface area contributed by atoms with Gasteiger partial charge >= 0.3 is 5.69 Å². The first kappa shape index (κ1) is 17.8. The average molecular weight is 376 g/mol. The molecule has 7 heteroatoms. The van der Waals surface area contributed by atoms with Crippen LogP contribution in [0.3, 0.4) is 0 Å². The number of nitrogens with zero attached hydrogens (tertiary/aromatic N) is 3. The molecule has 0 atom stereocenters. The third-order valence-corrected chi connectivity index (χ3v) is 4.60. The largest absolute Gasteiger partial charge is 0.459 e. The van der Waals surface area contributed by atoms with Crippen molar-refractivity contribution in [3.05, 3.63) is 88.4 Å². The van der Waals surface area contributed by atoms with Crippen molar-refractivity contribution in [1.82, 2.24) is 19.4 Å². The van der Waals surface area contributed by atoms with Crippen molar-refractivity contribution in [2.24, 2.45) is 0 Å². The molecule has 0 saturated carbocycles. The number of amides is 1. The summed E-state index contributed by atoms with van der Waals surface area (Å²) in [7, 11) is 0. The van der Waals surface area contributed by atoms with Gasteiger partial charge in [-0.25, -0.2) is 9.78 Å². The van der Waals surface area contributed by atoms with Gasteiger partial charge in [-0.15, -0.1) is 0 Å². The fourth-order valence-electron chi connectivity index (χ4n) is 3.15. The molecule has 1 aromatic carbocycles. The minimum absolute atomic E-state index is 0.151. The van der Waals surface area contributed by atoms with Gasteiger partial charge in [0.25, 0.3) is 5.91 Å². The Morgan fingerprint density at radius 1 is 1.11 bits per heavy atom. The van der Waals surface area contributed by atoms with Crippen LogP contribution in [0.25, 0.3) is 11.2 Å². The monoisotopic (exact) mass is 376 g/mol. The number of fused-ring (bicyclic) bond motifs is 1. The fraction of sp³-hybridized carbons (Fsp3) is 0.190. The van der Waals surface area contributed by atoms with Gasteiger partial charge in [0, 0.05) is 19.3 Å². The van der Waals surface area contributed by atoms with Crippen LogP contribution in [0.2, 0.25) is 0 Å². The van der Waals surface area contributed by atoms with Gasteiger partial charge in [-0.1, -0.05) is 29.8 Å². The number of aromatic nitrogens is 3. The van der Waals surface area contributed by atoms with Gasteiger partial charge in [0.05, 0.1) is 18.3 Å². The molecule has 142 valence electrons. The number of aryl methyl sites for hydroxylation is 1. The zero-order valence-electron chi connectivity index (χ0n) is 15.5. The molecule has 4 rings (SSSR count). The molecular weight excluding hydrogens is 356 g/mol. The van der Waals surface area contributed by atoms with Crippen LogP contribution in [0.5, 0.6) is 0 Å². The topological polar surface area (TPSA) is 82.1 Å². The minimum Gasteiger partial charge on any atom is -0.459 e. The molecule has 0 aliphatic heterocycles. The molecule has 28 heavy (non-hydrogen) atoms. The summed E-state index contributed by atoms with van der Waals surface area (Å²) in [5.74, 6) is -0.0679. The lowest BCUT2D eigenvalue weighted by Crippen LogP contribution is -2.31. The van der Waals surface area contributed by atoms with E-state index in [9.17, 15) is 9.59 Å². The van der Waals surface area contributed by atoms with E-state index in [0.717, 1.165) is 11.1 Å². The minimum atomic E-state index is -0.311. The molecule has 4 aromatic rings. The highest BCUT2D eigenvalue weighted by Gasteiger charge is 2.15. The third-order valence-electron chi connectivity index (χ3n) is 4.60. The molecule has 0 fully saturated rings. The van der Waals surface area contributed by atoms with Gasteiger partial charge in [-0.05, 0) is 36.8 Å². The average Bonchev–Trinajstić information content (AvgIpc) is 3.33. The smallest absolute Gasteiger partial charge is 0.330 e. The van der Waals surface area contributed by atoms with Crippen LogP contribution < -0.4 is 11.0 Å². The summed E-state index contributed by atoms with van der Waals surface area (Å²) in [4.78, 5) is 29.4. The standard InChI is InChI=1S/C21H20N4O3/c1-15-6-8-16(9-7-15)14-25-17-4-2-10-22-19(17)24(21(25)27)12-11-23-20(26)18-5-3-13-28-18/h2-10,13H,11-12,14H2,1H3,(H,23,26). The summed E-state index contributed by atoms with van der Waals surface area (Å²) in [6.45, 7) is 3.11. The van der Waals surface area contributed by atoms with Crippen LogP contribution in [0.1, 0.15) is 21.7 Å². The second-order valence-corrected chi connectivity index (χ2v) is 6.59. The first-order valence-corrected chi connectivity index (χ1v) is 9.05. The lowest BCUT2D eigenvalue weighted by Gasteiger charge is -2.05. The van der Waals surface area contributed by atoms with Gasteiger partial charge in [0.1, 0.15) is 0 Å². The highest BCUT2D eigenvalue weighted by molar-refractivity contribution is 5.91. The first-order chi connectivity index (χ1) is 13.6. The third kappa shape index (κ3) is 3.46. The van der Waals surface area contributed by atoms with Crippen molar-refractivity contribution in [2.75, 3.05) is 6.54 Å². The van der Waals surface area contributed by atoms with Crippen LogP contribution >= 0.6 is 0 Å². The van der Waals surface area contributed by atoms with E-state index in [2.05, 4.69) is 10.3 Å². The number of carbonyl (C=O) groups excluding carboxylic acids is 1. The number of benzene rings is 1. The predicted molar refractivity (Wildman–Crippen MR) is 105 cm³/mol. The van der Waals surface area contributed by atoms with Gasteiger partial charge < -0.3 is 9.73 Å². The maximum atomic E-state index is 13.0. The van der Waals surface area contributed by atoms with Crippen LogP contribution in [-0.2, 0) is 13.1 Å². The Morgan fingerprint density at radius 3 is 2.68 bits per heavy atom. The predicted octanol–water partition coefficient (Wildman–Crippen LogP) is 2.58. The number of pyridine rings is 1. The summed E-state index contributed by atoms with van der Waals surface area (Å²) < 4.78 is 8.37. The Bertz CT molecular complexity index is 1150. The molecular formula is C21H20N4O3. The maximum Gasteiger partial charge on any atom is 0.330 e. The Kier molecular flexibility index (Phi) is 4.80. The number of hydrogen-bond acceptors (Lipinski definition) is 4. The Hall–Kier alpha value is -3.61. The number of carbonyl (C=O) groups is 1. The van der Waals surface area contributed by atoms with Gasteiger partial charge in [0.15, 0.2) is 11.4 Å². The van der Waals surface area contributed by atoms with E-state index in [1.165, 1.54) is 11.8 Å². The number of hydrogen-bond donors (Lipinski definition) is 1. The van der Waals surface area contributed by atoms with E-state index < -0.39 is 0 Å². The Balaban J connectivity index is 1.58. The second-order valence-electron chi connectivity index (χ2n) is 6.59. The molecule has 3 aromatic heterocycles. The van der Waals surface area contributed by atoms with E-state index in [1.54, 1.807) is 27.5 Å². The van der Waals surface area contributed by atoms with Gasteiger partial charge in [0.2, 0.25) is 0 Å². The number of nitrogens with one attached hydrogen (secondary N) is 1. The molecule has 0 aliphatic carbocycles. The molecule has 0 bridgehead atoms. The highest BCUT2D eigenvalue weighted by Crippen LogP contribution is 2.13. The van der Waals surface area contributed by atoms with E-state index >= 15 is 0 Å². The molecule has 1 amide bonds. The summed E-state index contributed by atoms with van der Waals surface area (Å²) >= 11 is 0. The van der Waals surface area contributed by atoms with Crippen molar-refractivity contribution >= 4 is 17.1 Å². The van der Waals surface area contributed by atoms with Crippen LogP contribution in [0.4, 0.5) is 0 Å². The number of rotatable bonds is 6. The van der Waals surface area contributed by atoms with Crippen molar-refractivity contribution in [1.29, 1.82) is 0 Å². The lowest BCUT2D eigenvalue weighted by molar-refractivity contribution is 0.0924. The van der Waals surface area contributed by atoms with Crippen molar-refractivity contribution < 1.29 is 9.21 Å². The summed E-state index contributed by atoms with van der Waals surface area (Å²) in [6.07, 6.45) is 3.11. The lowest BCUT2D eigenvalue weighted by atomic mass is 10.1. The van der Waals surface area contributed by atoms with Crippen LogP contribution in [-0.4, -0.2) is 26.6 Å². The van der Waals surface area contributed by atoms with E-state index in [1.807, 2.05) is 43.3 Å². The molecule has 0 unspecified atom stereocenters. The first-order valence-electron chi connectivity index (χ1n) is 9.05.